The minimum absolute atomic E-state index is 0.134. The summed E-state index contributed by atoms with van der Waals surface area (Å²) in [7, 11) is 0. The highest BCUT2D eigenvalue weighted by Crippen LogP contribution is 2.26. The first-order valence-electron chi connectivity index (χ1n) is 18.6. The smallest absolute Gasteiger partial charge is 0.243 e. The van der Waals surface area contributed by atoms with Crippen LogP contribution in [0.15, 0.2) is 97.5 Å². The SMILES string of the molecule is CC[C@H](C)CNC(=O)C[C@H](O)[C@@H](CC(C)C)NC(=O)C(Cc1cnc[nH]1)NC(=O)C(Cc1cccc2ccccc12)Cc1cccc2ccccc12. The van der Waals surface area contributed by atoms with Crippen molar-refractivity contribution in [3.8, 4) is 0 Å². The van der Waals surface area contributed by atoms with Crippen LogP contribution in [0.4, 0.5) is 0 Å². The zero-order valence-electron chi connectivity index (χ0n) is 30.8. The molecule has 4 atom stereocenters. The van der Waals surface area contributed by atoms with Gasteiger partial charge in [0.1, 0.15) is 6.04 Å². The van der Waals surface area contributed by atoms with Crippen LogP contribution >= 0.6 is 0 Å². The Morgan fingerprint density at radius 1 is 0.769 bits per heavy atom. The fraction of sp³-hybridized carbons (Fsp3) is 0.395. The van der Waals surface area contributed by atoms with E-state index in [1.165, 1.54) is 0 Å². The number of hydrogen-bond acceptors (Lipinski definition) is 5. The van der Waals surface area contributed by atoms with Crippen LogP contribution in [0.25, 0.3) is 21.5 Å². The van der Waals surface area contributed by atoms with Crippen molar-refractivity contribution < 1.29 is 19.5 Å². The molecule has 1 unspecified atom stereocenters. The first kappa shape index (κ1) is 38.2. The summed E-state index contributed by atoms with van der Waals surface area (Å²) < 4.78 is 0. The molecule has 9 heteroatoms. The summed E-state index contributed by atoms with van der Waals surface area (Å²) in [5, 5.41) is 24.6. The molecular weight excluding hydrogens is 651 g/mol. The van der Waals surface area contributed by atoms with E-state index in [-0.39, 0.29) is 30.6 Å². The highest BCUT2D eigenvalue weighted by atomic mass is 16.3. The lowest BCUT2D eigenvalue weighted by Gasteiger charge is -2.29. The number of aliphatic hydroxyl groups excluding tert-OH is 1. The molecule has 0 bridgehead atoms. The Morgan fingerprint density at radius 3 is 1.92 bits per heavy atom. The average molecular weight is 704 g/mol. The number of benzene rings is 4. The molecule has 0 aliphatic heterocycles. The van der Waals surface area contributed by atoms with Crippen LogP contribution in [0.2, 0.25) is 0 Å². The summed E-state index contributed by atoms with van der Waals surface area (Å²) in [4.78, 5) is 48.6. The van der Waals surface area contributed by atoms with Crippen molar-refractivity contribution >= 4 is 39.3 Å². The Labute approximate surface area is 307 Å². The molecule has 274 valence electrons. The number of fused-ring (bicyclic) bond motifs is 2. The van der Waals surface area contributed by atoms with Gasteiger partial charge in [-0.15, -0.1) is 0 Å². The molecular formula is C43H53N5O4. The fourth-order valence-corrected chi connectivity index (χ4v) is 6.78. The second-order valence-electron chi connectivity index (χ2n) is 14.6. The summed E-state index contributed by atoms with van der Waals surface area (Å²) in [6, 6.07) is 27.0. The number of H-pyrrole nitrogens is 1. The Kier molecular flexibility index (Phi) is 13.6. The van der Waals surface area contributed by atoms with E-state index >= 15 is 0 Å². The number of aliphatic hydroxyl groups is 1. The van der Waals surface area contributed by atoms with Gasteiger partial charge in [0, 0.05) is 30.8 Å². The first-order valence-corrected chi connectivity index (χ1v) is 18.6. The van der Waals surface area contributed by atoms with Crippen molar-refractivity contribution in [1.29, 1.82) is 0 Å². The van der Waals surface area contributed by atoms with Gasteiger partial charge in [-0.25, -0.2) is 4.98 Å². The standard InChI is InChI=1S/C43H53N5O4/c1-5-29(4)25-45-41(50)24-40(49)38(20-28(2)3)47-43(52)39(23-35-26-44-27-46-35)48-42(51)34(21-32-16-10-14-30-12-6-8-18-36(30)32)22-33-17-11-15-31-13-7-9-19-37(31)33/h6-19,26-29,34,38-40,49H,5,20-25H2,1-4H3,(H,44,46)(H,45,50)(H,47,52)(H,48,51)/t29-,38+,39?,40-/m0/s1. The number of nitrogens with zero attached hydrogens (tertiary/aromatic N) is 1. The lowest BCUT2D eigenvalue weighted by Crippen LogP contribution is -2.55. The van der Waals surface area contributed by atoms with Gasteiger partial charge in [-0.2, -0.15) is 0 Å². The quantitative estimate of drug-likeness (QED) is 0.0731. The number of hydrogen-bond donors (Lipinski definition) is 5. The molecule has 0 spiro atoms. The van der Waals surface area contributed by atoms with Gasteiger partial charge in [0.15, 0.2) is 0 Å². The molecule has 52 heavy (non-hydrogen) atoms. The number of imidazole rings is 1. The van der Waals surface area contributed by atoms with Crippen LogP contribution in [-0.4, -0.2) is 57.5 Å². The van der Waals surface area contributed by atoms with E-state index in [9.17, 15) is 19.5 Å². The van der Waals surface area contributed by atoms with Crippen LogP contribution in [0, 0.1) is 17.8 Å². The Bertz CT molecular complexity index is 1830. The molecule has 3 amide bonds. The lowest BCUT2D eigenvalue weighted by atomic mass is 9.87. The van der Waals surface area contributed by atoms with Gasteiger partial charge in [0.05, 0.1) is 24.9 Å². The van der Waals surface area contributed by atoms with Crippen LogP contribution in [-0.2, 0) is 33.6 Å². The number of aromatic amines is 1. The molecule has 5 N–H and O–H groups in total. The second kappa shape index (κ2) is 18.5. The van der Waals surface area contributed by atoms with Gasteiger partial charge in [-0.05, 0) is 63.8 Å². The monoisotopic (exact) mass is 703 g/mol. The maximum Gasteiger partial charge on any atom is 0.243 e. The zero-order chi connectivity index (χ0) is 37.0. The van der Waals surface area contributed by atoms with Crippen molar-refractivity contribution in [3.05, 3.63) is 114 Å². The van der Waals surface area contributed by atoms with Crippen molar-refractivity contribution in [2.75, 3.05) is 6.54 Å². The fourth-order valence-electron chi connectivity index (χ4n) is 6.78. The number of carbonyl (C=O) groups is 3. The second-order valence-corrected chi connectivity index (χ2v) is 14.6. The molecule has 0 aliphatic rings. The number of amides is 3. The minimum atomic E-state index is -1.10. The third-order valence-corrected chi connectivity index (χ3v) is 9.93. The zero-order valence-corrected chi connectivity index (χ0v) is 30.8. The molecule has 0 aliphatic carbocycles. The van der Waals surface area contributed by atoms with Gasteiger partial charge in [-0.1, -0.05) is 119 Å². The highest BCUT2D eigenvalue weighted by Gasteiger charge is 2.31. The summed E-state index contributed by atoms with van der Waals surface area (Å²) >= 11 is 0. The van der Waals surface area contributed by atoms with E-state index in [4.69, 9.17) is 0 Å². The van der Waals surface area contributed by atoms with Crippen LogP contribution in [0.1, 0.15) is 63.8 Å². The molecule has 5 rings (SSSR count). The van der Waals surface area contributed by atoms with Gasteiger partial charge < -0.3 is 26.0 Å². The molecule has 0 radical (unpaired) electrons. The predicted molar refractivity (Wildman–Crippen MR) is 207 cm³/mol. The van der Waals surface area contributed by atoms with Gasteiger partial charge >= 0.3 is 0 Å². The van der Waals surface area contributed by atoms with Crippen molar-refractivity contribution in [3.63, 3.8) is 0 Å². The molecule has 1 aromatic heterocycles. The Morgan fingerprint density at radius 2 is 1.37 bits per heavy atom. The van der Waals surface area contributed by atoms with E-state index in [1.54, 1.807) is 12.5 Å². The summed E-state index contributed by atoms with van der Waals surface area (Å²) in [5.74, 6) is -0.978. The largest absolute Gasteiger partial charge is 0.390 e. The van der Waals surface area contributed by atoms with Gasteiger partial charge in [0.2, 0.25) is 17.7 Å². The molecule has 0 saturated heterocycles. The molecule has 5 aromatic rings. The molecule has 9 nitrogen and oxygen atoms in total. The Hall–Kier alpha value is -5.02. The predicted octanol–water partition coefficient (Wildman–Crippen LogP) is 6.29. The lowest BCUT2D eigenvalue weighted by molar-refractivity contribution is -0.132. The van der Waals surface area contributed by atoms with Crippen LogP contribution < -0.4 is 16.0 Å². The highest BCUT2D eigenvalue weighted by molar-refractivity contribution is 5.91. The number of carbonyl (C=O) groups excluding carboxylic acids is 3. The van der Waals surface area contributed by atoms with Crippen LogP contribution in [0.5, 0.6) is 0 Å². The van der Waals surface area contributed by atoms with Gasteiger partial charge in [-0.3, -0.25) is 14.4 Å². The van der Waals surface area contributed by atoms with E-state index in [0.29, 0.717) is 37.4 Å². The van der Waals surface area contributed by atoms with E-state index in [2.05, 4.69) is 88.3 Å². The van der Waals surface area contributed by atoms with E-state index < -0.39 is 30.0 Å². The average Bonchev–Trinajstić information content (AvgIpc) is 3.66. The van der Waals surface area contributed by atoms with Crippen molar-refractivity contribution in [2.24, 2.45) is 17.8 Å². The number of nitrogens with one attached hydrogen (secondary N) is 4. The molecule has 1 heterocycles. The topological polar surface area (TPSA) is 136 Å². The van der Waals surface area contributed by atoms with E-state index in [0.717, 1.165) is 39.1 Å². The van der Waals surface area contributed by atoms with Crippen molar-refractivity contribution in [2.45, 2.75) is 84.4 Å². The summed E-state index contributed by atoms with van der Waals surface area (Å²) in [6.45, 7) is 8.66. The van der Waals surface area contributed by atoms with Crippen molar-refractivity contribution in [1.82, 2.24) is 25.9 Å². The minimum Gasteiger partial charge on any atom is -0.390 e. The molecule has 0 fully saturated rings. The third-order valence-electron chi connectivity index (χ3n) is 9.93. The first-order chi connectivity index (χ1) is 25.1. The van der Waals surface area contributed by atoms with Gasteiger partial charge in [0.25, 0.3) is 0 Å². The normalized spacial score (nSPS) is 13.9. The summed E-state index contributed by atoms with van der Waals surface area (Å²) in [5.41, 5.74) is 2.80. The Balaban J connectivity index is 1.41. The summed E-state index contributed by atoms with van der Waals surface area (Å²) in [6.07, 6.45) is 4.44. The third kappa shape index (κ3) is 10.5. The maximum atomic E-state index is 14.5. The van der Waals surface area contributed by atoms with Crippen LogP contribution in [0.3, 0.4) is 0 Å². The molecule has 4 aromatic carbocycles. The number of aromatic nitrogens is 2. The van der Waals surface area contributed by atoms with E-state index in [1.807, 2.05) is 50.2 Å². The maximum absolute atomic E-state index is 14.5. The molecule has 0 saturated carbocycles. The number of rotatable bonds is 18.